The lowest BCUT2D eigenvalue weighted by molar-refractivity contribution is 0.601. The molecule has 1 aliphatic rings. The van der Waals surface area contributed by atoms with Crippen LogP contribution in [0.3, 0.4) is 0 Å². The van der Waals surface area contributed by atoms with Crippen LogP contribution in [0, 0.1) is 0 Å². The molecule has 2 aromatic rings. The zero-order valence-electron chi connectivity index (χ0n) is 14.3. The molecule has 0 unspecified atom stereocenters. The van der Waals surface area contributed by atoms with Crippen molar-refractivity contribution in [2.45, 2.75) is 32.6 Å². The first-order valence-corrected chi connectivity index (χ1v) is 10.1. The number of hydrogen-bond acceptors (Lipinski definition) is 6. The van der Waals surface area contributed by atoms with E-state index >= 15 is 0 Å². The summed E-state index contributed by atoms with van der Waals surface area (Å²) in [7, 11) is -3.01. The van der Waals surface area contributed by atoms with E-state index in [-0.39, 0.29) is 5.75 Å². The molecule has 7 heteroatoms. The van der Waals surface area contributed by atoms with Gasteiger partial charge >= 0.3 is 0 Å². The Morgan fingerprint density at radius 3 is 2.58 bits per heavy atom. The van der Waals surface area contributed by atoms with Gasteiger partial charge in [-0.05, 0) is 36.2 Å². The second-order valence-corrected chi connectivity index (χ2v) is 7.62. The molecule has 0 fully saturated rings. The Balaban J connectivity index is 0.00000100. The number of fused-ring (bicyclic) bond motifs is 1. The third kappa shape index (κ3) is 5.28. The highest BCUT2D eigenvalue weighted by molar-refractivity contribution is 7.89. The van der Waals surface area contributed by atoms with E-state index in [4.69, 9.17) is 0 Å². The molecule has 1 aliphatic heterocycles. The van der Waals surface area contributed by atoms with E-state index in [0.717, 1.165) is 36.5 Å². The maximum absolute atomic E-state index is 11.3. The van der Waals surface area contributed by atoms with Crippen LogP contribution < -0.4 is 10.6 Å². The van der Waals surface area contributed by atoms with Crippen LogP contribution in [0.4, 0.5) is 11.6 Å². The maximum Gasteiger partial charge on any atom is 0.227 e. The van der Waals surface area contributed by atoms with Gasteiger partial charge in [-0.3, -0.25) is 0 Å². The minimum atomic E-state index is -3.01. The monoisotopic (exact) mass is 348 g/mol. The Morgan fingerprint density at radius 2 is 1.92 bits per heavy atom. The van der Waals surface area contributed by atoms with Crippen LogP contribution >= 0.6 is 0 Å². The van der Waals surface area contributed by atoms with Crippen molar-refractivity contribution in [1.82, 2.24) is 15.3 Å². The summed E-state index contributed by atoms with van der Waals surface area (Å²) in [6.45, 7) is 5.73. The Labute approximate surface area is 143 Å². The van der Waals surface area contributed by atoms with Gasteiger partial charge in [0.05, 0.1) is 11.4 Å². The largest absolute Gasteiger partial charge is 0.324 e. The summed E-state index contributed by atoms with van der Waals surface area (Å²) in [5.41, 5.74) is 3.81. The summed E-state index contributed by atoms with van der Waals surface area (Å²) in [6, 6.07) is 7.26. The standard InChI is InChI=1S/C15H18N4O2S.C2H6/c1-22(20,21)10-11-2-4-13(5-3-11)18-15-17-8-12-6-7-16-9-14(12)19-15;1-2/h2-5,8,16H,6-7,9-10H2,1H3,(H,17,18,19);1-2H3. The first-order valence-electron chi connectivity index (χ1n) is 8.09. The lowest BCUT2D eigenvalue weighted by Crippen LogP contribution is -2.25. The zero-order chi connectivity index (χ0) is 17.6. The molecule has 24 heavy (non-hydrogen) atoms. The first kappa shape index (κ1) is 18.4. The molecule has 130 valence electrons. The Morgan fingerprint density at radius 1 is 1.21 bits per heavy atom. The van der Waals surface area contributed by atoms with E-state index in [1.54, 1.807) is 12.1 Å². The number of benzene rings is 1. The van der Waals surface area contributed by atoms with Gasteiger partial charge < -0.3 is 10.6 Å². The van der Waals surface area contributed by atoms with Crippen LogP contribution in [0.25, 0.3) is 0 Å². The van der Waals surface area contributed by atoms with Crippen molar-refractivity contribution in [3.63, 3.8) is 0 Å². The third-order valence-electron chi connectivity index (χ3n) is 3.46. The fourth-order valence-electron chi connectivity index (χ4n) is 2.41. The number of rotatable bonds is 4. The van der Waals surface area contributed by atoms with E-state index in [1.807, 2.05) is 32.2 Å². The van der Waals surface area contributed by atoms with Gasteiger partial charge in [0, 0.05) is 24.7 Å². The van der Waals surface area contributed by atoms with Crippen LogP contribution in [0.2, 0.25) is 0 Å². The highest BCUT2D eigenvalue weighted by atomic mass is 32.2. The average molecular weight is 348 g/mol. The second-order valence-electron chi connectivity index (χ2n) is 5.48. The lowest BCUT2D eigenvalue weighted by Gasteiger charge is -2.16. The number of nitrogens with one attached hydrogen (secondary N) is 2. The summed E-state index contributed by atoms with van der Waals surface area (Å²) < 4.78 is 22.5. The molecule has 6 nitrogen and oxygen atoms in total. The smallest absolute Gasteiger partial charge is 0.227 e. The maximum atomic E-state index is 11.3. The molecule has 0 atom stereocenters. The molecule has 1 aromatic heterocycles. The van der Waals surface area contributed by atoms with Crippen molar-refractivity contribution in [2.75, 3.05) is 18.1 Å². The third-order valence-corrected chi connectivity index (χ3v) is 4.31. The average Bonchev–Trinajstić information content (AvgIpc) is 2.57. The predicted molar refractivity (Wildman–Crippen MR) is 97.1 cm³/mol. The first-order chi connectivity index (χ1) is 11.5. The zero-order valence-corrected chi connectivity index (χ0v) is 15.2. The summed E-state index contributed by atoms with van der Waals surface area (Å²) in [4.78, 5) is 8.83. The quantitative estimate of drug-likeness (QED) is 0.883. The van der Waals surface area contributed by atoms with Crippen molar-refractivity contribution in [1.29, 1.82) is 0 Å². The molecular weight excluding hydrogens is 324 g/mol. The van der Waals surface area contributed by atoms with Gasteiger partial charge in [0.2, 0.25) is 5.95 Å². The molecule has 3 rings (SSSR count). The number of hydrogen-bond donors (Lipinski definition) is 2. The summed E-state index contributed by atoms with van der Waals surface area (Å²) >= 11 is 0. The van der Waals surface area contributed by atoms with Crippen molar-refractivity contribution in [3.05, 3.63) is 47.3 Å². The number of anilines is 2. The van der Waals surface area contributed by atoms with E-state index in [1.165, 1.54) is 11.8 Å². The van der Waals surface area contributed by atoms with E-state index in [0.29, 0.717) is 5.95 Å². The van der Waals surface area contributed by atoms with Gasteiger partial charge in [0.25, 0.3) is 0 Å². The lowest BCUT2D eigenvalue weighted by atomic mass is 10.1. The van der Waals surface area contributed by atoms with Crippen LogP contribution in [-0.4, -0.2) is 31.2 Å². The van der Waals surface area contributed by atoms with Crippen LogP contribution in [0.5, 0.6) is 0 Å². The van der Waals surface area contributed by atoms with E-state index in [9.17, 15) is 8.42 Å². The summed E-state index contributed by atoms with van der Waals surface area (Å²) in [5.74, 6) is 0.604. The van der Waals surface area contributed by atoms with Crippen molar-refractivity contribution in [3.8, 4) is 0 Å². The highest BCUT2D eigenvalue weighted by Gasteiger charge is 2.11. The molecule has 2 heterocycles. The molecule has 0 aliphatic carbocycles. The van der Waals surface area contributed by atoms with Crippen molar-refractivity contribution < 1.29 is 8.42 Å². The van der Waals surface area contributed by atoms with E-state index < -0.39 is 9.84 Å². The summed E-state index contributed by atoms with van der Waals surface area (Å²) in [6.07, 6.45) is 4.05. The van der Waals surface area contributed by atoms with Crippen molar-refractivity contribution >= 4 is 21.5 Å². The van der Waals surface area contributed by atoms with Crippen LogP contribution in [0.15, 0.2) is 30.5 Å². The Kier molecular flexibility index (Phi) is 6.28. The summed E-state index contributed by atoms with van der Waals surface area (Å²) in [5, 5.41) is 6.43. The molecule has 0 saturated heterocycles. The molecule has 0 radical (unpaired) electrons. The minimum Gasteiger partial charge on any atom is -0.324 e. The fourth-order valence-corrected chi connectivity index (χ4v) is 3.21. The molecule has 0 bridgehead atoms. The van der Waals surface area contributed by atoms with Crippen molar-refractivity contribution in [2.24, 2.45) is 0 Å². The molecule has 0 saturated carbocycles. The predicted octanol–water partition coefficient (Wildman–Crippen LogP) is 2.44. The fraction of sp³-hybridized carbons (Fsp3) is 0.412. The van der Waals surface area contributed by atoms with Gasteiger partial charge in [0.15, 0.2) is 9.84 Å². The number of sulfone groups is 1. The molecule has 0 spiro atoms. The molecule has 1 aromatic carbocycles. The Hall–Kier alpha value is -1.99. The molecule has 0 amide bonds. The minimum absolute atomic E-state index is 0.0499. The molecular formula is C17H24N4O2S. The highest BCUT2D eigenvalue weighted by Crippen LogP contribution is 2.17. The number of nitrogens with zero attached hydrogens (tertiary/aromatic N) is 2. The van der Waals surface area contributed by atoms with Gasteiger partial charge in [-0.25, -0.2) is 18.4 Å². The normalized spacial score (nSPS) is 13.5. The topological polar surface area (TPSA) is 84.0 Å². The van der Waals surface area contributed by atoms with Gasteiger partial charge in [-0.15, -0.1) is 0 Å². The van der Waals surface area contributed by atoms with Crippen LogP contribution in [0.1, 0.15) is 30.7 Å². The van der Waals surface area contributed by atoms with Gasteiger partial charge in [-0.1, -0.05) is 26.0 Å². The van der Waals surface area contributed by atoms with Gasteiger partial charge in [0.1, 0.15) is 0 Å². The van der Waals surface area contributed by atoms with Gasteiger partial charge in [-0.2, -0.15) is 0 Å². The van der Waals surface area contributed by atoms with Crippen LogP contribution in [-0.2, 0) is 28.6 Å². The van der Waals surface area contributed by atoms with E-state index in [2.05, 4.69) is 20.6 Å². The molecule has 2 N–H and O–H groups in total. The SMILES string of the molecule is CC.CS(=O)(=O)Cc1ccc(Nc2ncc3c(n2)CNCC3)cc1. The second kappa shape index (κ2) is 8.21. The Bertz CT molecular complexity index is 774. The number of aromatic nitrogens is 2.